The third-order valence-electron chi connectivity index (χ3n) is 4.51. The zero-order valence-corrected chi connectivity index (χ0v) is 14.7. The normalized spacial score (nSPS) is 21.0. The van der Waals surface area contributed by atoms with Crippen LogP contribution in [0.2, 0.25) is 0 Å². The summed E-state index contributed by atoms with van der Waals surface area (Å²) < 4.78 is 5.94. The highest BCUT2D eigenvalue weighted by Crippen LogP contribution is 2.25. The molecule has 2 N–H and O–H groups in total. The average molecular weight is 324 g/mol. The van der Waals surface area contributed by atoms with Crippen molar-refractivity contribution in [3.63, 3.8) is 0 Å². The second kappa shape index (κ2) is 8.32. The second-order valence-corrected chi connectivity index (χ2v) is 6.75. The van der Waals surface area contributed by atoms with Crippen LogP contribution in [0.3, 0.4) is 0 Å². The van der Waals surface area contributed by atoms with Gasteiger partial charge in [0.05, 0.1) is 6.10 Å². The van der Waals surface area contributed by atoms with Crippen LogP contribution >= 0.6 is 0 Å². The van der Waals surface area contributed by atoms with Gasteiger partial charge in [-0.15, -0.1) is 0 Å². The summed E-state index contributed by atoms with van der Waals surface area (Å²) in [7, 11) is 0. The molecule has 0 amide bonds. The molecule has 1 aliphatic heterocycles. The summed E-state index contributed by atoms with van der Waals surface area (Å²) in [6.45, 7) is 6.06. The Bertz CT molecular complexity index is 627. The van der Waals surface area contributed by atoms with Gasteiger partial charge in [0.25, 0.3) is 0 Å². The topological polar surface area (TPSA) is 33.3 Å². The monoisotopic (exact) mass is 324 g/mol. The summed E-state index contributed by atoms with van der Waals surface area (Å²) in [6.07, 6.45) is 2.60. The molecule has 2 aromatic carbocycles. The van der Waals surface area contributed by atoms with Crippen LogP contribution in [-0.2, 0) is 6.54 Å². The highest BCUT2D eigenvalue weighted by atomic mass is 16.5. The Labute approximate surface area is 145 Å². The number of nitrogens with one attached hydrogen (secondary N) is 2. The molecular weight excluding hydrogens is 296 g/mol. The standard InChI is InChI=1S/C21H28N2O/c1-16(2)24-20-13-7-6-11-18(20)15-23-19-12-8-14-22-21(19)17-9-4-3-5-10-17/h3-7,9-11,13,16,19,21-23H,8,12,14-15H2,1-2H3/t19-,21-/m1/s1. The molecule has 0 aliphatic carbocycles. The maximum Gasteiger partial charge on any atom is 0.124 e. The third-order valence-corrected chi connectivity index (χ3v) is 4.51. The van der Waals surface area contributed by atoms with Crippen molar-refractivity contribution in [2.45, 2.75) is 51.4 Å². The Balaban J connectivity index is 1.69. The molecule has 0 spiro atoms. The fourth-order valence-corrected chi connectivity index (χ4v) is 3.38. The highest BCUT2D eigenvalue weighted by molar-refractivity contribution is 5.33. The molecule has 1 heterocycles. The smallest absolute Gasteiger partial charge is 0.124 e. The lowest BCUT2D eigenvalue weighted by Gasteiger charge is -2.34. The quantitative estimate of drug-likeness (QED) is 0.841. The lowest BCUT2D eigenvalue weighted by atomic mass is 9.92. The predicted molar refractivity (Wildman–Crippen MR) is 99.3 cm³/mol. The number of hydrogen-bond acceptors (Lipinski definition) is 3. The van der Waals surface area contributed by atoms with Crippen LogP contribution < -0.4 is 15.4 Å². The Morgan fingerprint density at radius 3 is 2.62 bits per heavy atom. The summed E-state index contributed by atoms with van der Waals surface area (Å²) >= 11 is 0. The van der Waals surface area contributed by atoms with Gasteiger partial charge < -0.3 is 15.4 Å². The average Bonchev–Trinajstić information content (AvgIpc) is 2.61. The van der Waals surface area contributed by atoms with Crippen molar-refractivity contribution >= 4 is 0 Å². The number of rotatable bonds is 6. The second-order valence-electron chi connectivity index (χ2n) is 6.75. The van der Waals surface area contributed by atoms with Crippen molar-refractivity contribution in [2.24, 2.45) is 0 Å². The van der Waals surface area contributed by atoms with Crippen molar-refractivity contribution in [3.8, 4) is 5.75 Å². The lowest BCUT2D eigenvalue weighted by Crippen LogP contribution is -2.45. The Hall–Kier alpha value is -1.84. The van der Waals surface area contributed by atoms with E-state index in [2.05, 4.69) is 73.0 Å². The van der Waals surface area contributed by atoms with Gasteiger partial charge in [0.15, 0.2) is 0 Å². The third kappa shape index (κ3) is 4.37. The number of benzene rings is 2. The van der Waals surface area contributed by atoms with Gasteiger partial charge in [-0.25, -0.2) is 0 Å². The van der Waals surface area contributed by atoms with Gasteiger partial charge in [-0.1, -0.05) is 48.5 Å². The molecule has 2 aromatic rings. The van der Waals surface area contributed by atoms with Crippen molar-refractivity contribution < 1.29 is 4.74 Å². The zero-order chi connectivity index (χ0) is 16.8. The zero-order valence-electron chi connectivity index (χ0n) is 14.7. The van der Waals surface area contributed by atoms with E-state index in [-0.39, 0.29) is 6.10 Å². The fraction of sp³-hybridized carbons (Fsp3) is 0.429. The molecule has 3 nitrogen and oxygen atoms in total. The van der Waals surface area contributed by atoms with Crippen LogP contribution in [0.5, 0.6) is 5.75 Å². The van der Waals surface area contributed by atoms with E-state index in [1.807, 2.05) is 6.07 Å². The van der Waals surface area contributed by atoms with E-state index in [9.17, 15) is 0 Å². The molecule has 3 rings (SSSR count). The summed E-state index contributed by atoms with van der Waals surface area (Å²) in [4.78, 5) is 0. The van der Waals surface area contributed by atoms with Gasteiger partial charge in [-0.05, 0) is 44.9 Å². The first-order valence-electron chi connectivity index (χ1n) is 9.00. The molecule has 0 bridgehead atoms. The molecule has 1 saturated heterocycles. The fourth-order valence-electron chi connectivity index (χ4n) is 3.38. The van der Waals surface area contributed by atoms with Crippen LogP contribution in [0.4, 0.5) is 0 Å². The van der Waals surface area contributed by atoms with E-state index >= 15 is 0 Å². The molecular formula is C21H28N2O. The van der Waals surface area contributed by atoms with Crippen molar-refractivity contribution in [2.75, 3.05) is 6.54 Å². The van der Waals surface area contributed by atoms with Crippen LogP contribution in [0, 0.1) is 0 Å². The maximum absolute atomic E-state index is 5.94. The first kappa shape index (κ1) is 17.0. The molecule has 1 fully saturated rings. The molecule has 0 radical (unpaired) electrons. The van der Waals surface area contributed by atoms with Crippen molar-refractivity contribution in [1.82, 2.24) is 10.6 Å². The van der Waals surface area contributed by atoms with Crippen LogP contribution in [0.1, 0.15) is 43.9 Å². The molecule has 0 saturated carbocycles. The summed E-state index contributed by atoms with van der Waals surface area (Å²) in [5, 5.41) is 7.43. The van der Waals surface area contributed by atoms with Crippen LogP contribution in [-0.4, -0.2) is 18.7 Å². The minimum absolute atomic E-state index is 0.194. The Morgan fingerprint density at radius 1 is 1.08 bits per heavy atom. The first-order chi connectivity index (χ1) is 11.7. The van der Waals surface area contributed by atoms with E-state index in [0.29, 0.717) is 12.1 Å². The minimum atomic E-state index is 0.194. The molecule has 2 atom stereocenters. The van der Waals surface area contributed by atoms with E-state index in [4.69, 9.17) is 4.74 Å². The summed E-state index contributed by atoms with van der Waals surface area (Å²) in [5.41, 5.74) is 2.59. The van der Waals surface area contributed by atoms with E-state index < -0.39 is 0 Å². The largest absolute Gasteiger partial charge is 0.491 e. The number of hydrogen-bond donors (Lipinski definition) is 2. The van der Waals surface area contributed by atoms with Gasteiger partial charge in [0.2, 0.25) is 0 Å². The molecule has 1 aliphatic rings. The predicted octanol–water partition coefficient (Wildman–Crippen LogP) is 4.06. The molecule has 3 heteroatoms. The SMILES string of the molecule is CC(C)Oc1ccccc1CN[C@@H]1CCCN[C@@H]1c1ccccc1. The molecule has 24 heavy (non-hydrogen) atoms. The Morgan fingerprint density at radius 2 is 1.83 bits per heavy atom. The van der Waals surface area contributed by atoms with Crippen LogP contribution in [0.25, 0.3) is 0 Å². The van der Waals surface area contributed by atoms with E-state index in [0.717, 1.165) is 18.8 Å². The number of para-hydroxylation sites is 1. The van der Waals surface area contributed by atoms with E-state index in [1.54, 1.807) is 0 Å². The highest BCUT2D eigenvalue weighted by Gasteiger charge is 2.25. The van der Waals surface area contributed by atoms with Gasteiger partial charge in [-0.3, -0.25) is 0 Å². The van der Waals surface area contributed by atoms with Gasteiger partial charge in [-0.2, -0.15) is 0 Å². The first-order valence-corrected chi connectivity index (χ1v) is 9.00. The van der Waals surface area contributed by atoms with Gasteiger partial charge in [0, 0.05) is 24.2 Å². The minimum Gasteiger partial charge on any atom is -0.491 e. The summed E-state index contributed by atoms with van der Waals surface area (Å²) in [5.74, 6) is 0.986. The number of ether oxygens (including phenoxy) is 1. The summed E-state index contributed by atoms with van der Waals surface area (Å²) in [6, 6.07) is 19.9. The van der Waals surface area contributed by atoms with Crippen LogP contribution in [0.15, 0.2) is 54.6 Å². The van der Waals surface area contributed by atoms with Gasteiger partial charge in [0.1, 0.15) is 5.75 Å². The molecule has 0 aromatic heterocycles. The van der Waals surface area contributed by atoms with Crippen molar-refractivity contribution in [1.29, 1.82) is 0 Å². The Kier molecular flexibility index (Phi) is 5.89. The molecule has 128 valence electrons. The number of piperidine rings is 1. The maximum atomic E-state index is 5.94. The lowest BCUT2D eigenvalue weighted by molar-refractivity contribution is 0.238. The molecule has 0 unspecified atom stereocenters. The van der Waals surface area contributed by atoms with Gasteiger partial charge >= 0.3 is 0 Å². The van der Waals surface area contributed by atoms with E-state index in [1.165, 1.54) is 24.0 Å². The van der Waals surface area contributed by atoms with Crippen molar-refractivity contribution in [3.05, 3.63) is 65.7 Å².